The molecule has 1 N–H and O–H groups in total. The molecule has 0 atom stereocenters. The van der Waals surface area contributed by atoms with Crippen LogP contribution in [0.25, 0.3) is 0 Å². The van der Waals surface area contributed by atoms with E-state index in [0.29, 0.717) is 0 Å². The van der Waals surface area contributed by atoms with Crippen LogP contribution in [0.1, 0.15) is 23.2 Å². The highest BCUT2D eigenvalue weighted by Gasteiger charge is 2.02. The van der Waals surface area contributed by atoms with Crippen LogP contribution in [-0.2, 0) is 13.0 Å². The largest absolute Gasteiger partial charge is 0.311 e. The minimum atomic E-state index is 0.864. The Kier molecular flexibility index (Phi) is 4.02. The summed E-state index contributed by atoms with van der Waals surface area (Å²) in [6, 6.07) is 4.07. The standard InChI is InChI=1S/C12H15N3S/c1-2-13-8-11-9-16-12(15-11)7-10-3-5-14-6-4-10/h3-6,9,13H,2,7-8H2,1H3. The first-order valence-electron chi connectivity index (χ1n) is 5.41. The molecule has 0 saturated heterocycles. The van der Waals surface area contributed by atoms with Gasteiger partial charge >= 0.3 is 0 Å². The summed E-state index contributed by atoms with van der Waals surface area (Å²) >= 11 is 1.72. The summed E-state index contributed by atoms with van der Waals surface area (Å²) in [6.07, 6.45) is 4.55. The molecular weight excluding hydrogens is 218 g/mol. The Balaban J connectivity index is 1.97. The predicted octanol–water partition coefficient (Wildman–Crippen LogP) is 2.24. The van der Waals surface area contributed by atoms with Gasteiger partial charge in [0.2, 0.25) is 0 Å². The van der Waals surface area contributed by atoms with E-state index in [1.807, 2.05) is 24.5 Å². The van der Waals surface area contributed by atoms with Gasteiger partial charge in [0.15, 0.2) is 0 Å². The van der Waals surface area contributed by atoms with Crippen molar-refractivity contribution in [2.45, 2.75) is 19.9 Å². The number of aromatic nitrogens is 2. The van der Waals surface area contributed by atoms with E-state index in [4.69, 9.17) is 0 Å². The van der Waals surface area contributed by atoms with Gasteiger partial charge in [0.05, 0.1) is 10.7 Å². The first-order valence-corrected chi connectivity index (χ1v) is 6.29. The fourth-order valence-corrected chi connectivity index (χ4v) is 2.27. The molecule has 3 nitrogen and oxygen atoms in total. The zero-order valence-corrected chi connectivity index (χ0v) is 10.1. The maximum atomic E-state index is 4.58. The molecule has 2 rings (SSSR count). The second-order valence-corrected chi connectivity index (χ2v) is 4.49. The Morgan fingerprint density at radius 3 is 2.88 bits per heavy atom. The van der Waals surface area contributed by atoms with Crippen molar-refractivity contribution >= 4 is 11.3 Å². The van der Waals surface area contributed by atoms with E-state index in [1.165, 1.54) is 10.6 Å². The lowest BCUT2D eigenvalue weighted by atomic mass is 10.2. The third-order valence-corrected chi connectivity index (χ3v) is 3.16. The molecule has 0 fully saturated rings. The second-order valence-electron chi connectivity index (χ2n) is 3.55. The molecule has 0 unspecified atom stereocenters. The first-order chi connectivity index (χ1) is 7.88. The second kappa shape index (κ2) is 5.72. The number of nitrogens with zero attached hydrogens (tertiary/aromatic N) is 2. The van der Waals surface area contributed by atoms with Crippen LogP contribution in [-0.4, -0.2) is 16.5 Å². The SMILES string of the molecule is CCNCc1csc(Cc2ccncc2)n1. The monoisotopic (exact) mass is 233 g/mol. The van der Waals surface area contributed by atoms with Gasteiger partial charge in [-0.2, -0.15) is 0 Å². The average molecular weight is 233 g/mol. The molecule has 0 spiro atoms. The van der Waals surface area contributed by atoms with Gasteiger partial charge in [0.25, 0.3) is 0 Å². The lowest BCUT2D eigenvalue weighted by Crippen LogP contribution is -2.11. The molecule has 4 heteroatoms. The number of nitrogens with one attached hydrogen (secondary N) is 1. The summed E-state index contributed by atoms with van der Waals surface area (Å²) in [6.45, 7) is 3.95. The van der Waals surface area contributed by atoms with Crippen molar-refractivity contribution in [3.63, 3.8) is 0 Å². The van der Waals surface area contributed by atoms with Gasteiger partial charge in [0, 0.05) is 30.7 Å². The van der Waals surface area contributed by atoms with Crippen molar-refractivity contribution in [1.29, 1.82) is 0 Å². The van der Waals surface area contributed by atoms with Crippen LogP contribution in [0.4, 0.5) is 0 Å². The zero-order chi connectivity index (χ0) is 11.2. The van der Waals surface area contributed by atoms with Crippen molar-refractivity contribution in [3.05, 3.63) is 46.2 Å². The molecule has 0 aliphatic rings. The lowest BCUT2D eigenvalue weighted by molar-refractivity contribution is 0.712. The smallest absolute Gasteiger partial charge is 0.0972 e. The third kappa shape index (κ3) is 3.12. The molecular formula is C12H15N3S. The molecule has 0 aromatic carbocycles. The Labute approximate surface area is 99.6 Å². The first kappa shape index (κ1) is 11.2. The third-order valence-electron chi connectivity index (χ3n) is 2.26. The summed E-state index contributed by atoms with van der Waals surface area (Å²) < 4.78 is 0. The van der Waals surface area contributed by atoms with Crippen LogP contribution in [0.3, 0.4) is 0 Å². The van der Waals surface area contributed by atoms with Crippen molar-refractivity contribution < 1.29 is 0 Å². The topological polar surface area (TPSA) is 37.8 Å². The van der Waals surface area contributed by atoms with Crippen LogP contribution in [0.15, 0.2) is 29.9 Å². The number of thiazole rings is 1. The van der Waals surface area contributed by atoms with E-state index in [-0.39, 0.29) is 0 Å². The van der Waals surface area contributed by atoms with Crippen LogP contribution < -0.4 is 5.32 Å². The molecule has 16 heavy (non-hydrogen) atoms. The minimum absolute atomic E-state index is 0.864. The Morgan fingerprint density at radius 2 is 2.12 bits per heavy atom. The maximum absolute atomic E-state index is 4.58. The van der Waals surface area contributed by atoms with Gasteiger partial charge in [-0.3, -0.25) is 4.98 Å². The number of hydrogen-bond donors (Lipinski definition) is 1. The highest BCUT2D eigenvalue weighted by molar-refractivity contribution is 7.09. The van der Waals surface area contributed by atoms with Crippen LogP contribution in [0.5, 0.6) is 0 Å². The van der Waals surface area contributed by atoms with Crippen molar-refractivity contribution in [2.75, 3.05) is 6.54 Å². The summed E-state index contributed by atoms with van der Waals surface area (Å²) in [7, 11) is 0. The molecule has 2 aromatic heterocycles. The van der Waals surface area contributed by atoms with E-state index < -0.39 is 0 Å². The highest BCUT2D eigenvalue weighted by atomic mass is 32.1. The van der Waals surface area contributed by atoms with Crippen LogP contribution in [0.2, 0.25) is 0 Å². The van der Waals surface area contributed by atoms with Crippen molar-refractivity contribution in [1.82, 2.24) is 15.3 Å². The van der Waals surface area contributed by atoms with Crippen molar-refractivity contribution in [2.24, 2.45) is 0 Å². The summed E-state index contributed by atoms with van der Waals surface area (Å²) in [4.78, 5) is 8.58. The van der Waals surface area contributed by atoms with Gasteiger partial charge in [-0.15, -0.1) is 11.3 Å². The van der Waals surface area contributed by atoms with E-state index in [1.54, 1.807) is 11.3 Å². The Bertz CT molecular complexity index is 425. The minimum Gasteiger partial charge on any atom is -0.311 e. The molecule has 0 aliphatic heterocycles. The summed E-state index contributed by atoms with van der Waals surface area (Å²) in [5.74, 6) is 0. The Hall–Kier alpha value is -1.26. The van der Waals surface area contributed by atoms with E-state index >= 15 is 0 Å². The van der Waals surface area contributed by atoms with E-state index in [2.05, 4.69) is 27.6 Å². The molecule has 0 radical (unpaired) electrons. The highest BCUT2D eigenvalue weighted by Crippen LogP contribution is 2.14. The Morgan fingerprint density at radius 1 is 1.31 bits per heavy atom. The number of hydrogen-bond acceptors (Lipinski definition) is 4. The number of pyridine rings is 1. The van der Waals surface area contributed by atoms with Gasteiger partial charge in [0.1, 0.15) is 0 Å². The maximum Gasteiger partial charge on any atom is 0.0972 e. The molecule has 2 heterocycles. The van der Waals surface area contributed by atoms with Crippen LogP contribution >= 0.6 is 11.3 Å². The molecule has 0 saturated carbocycles. The molecule has 0 bridgehead atoms. The van der Waals surface area contributed by atoms with Gasteiger partial charge in [-0.1, -0.05) is 6.92 Å². The zero-order valence-electron chi connectivity index (χ0n) is 9.31. The fraction of sp³-hybridized carbons (Fsp3) is 0.333. The van der Waals surface area contributed by atoms with E-state index in [9.17, 15) is 0 Å². The summed E-state index contributed by atoms with van der Waals surface area (Å²) in [5.41, 5.74) is 2.40. The quantitative estimate of drug-likeness (QED) is 0.860. The van der Waals surface area contributed by atoms with Gasteiger partial charge < -0.3 is 5.32 Å². The predicted molar refractivity (Wildman–Crippen MR) is 66.5 cm³/mol. The van der Waals surface area contributed by atoms with Gasteiger partial charge in [-0.25, -0.2) is 4.98 Å². The van der Waals surface area contributed by atoms with Crippen molar-refractivity contribution in [3.8, 4) is 0 Å². The molecule has 2 aromatic rings. The van der Waals surface area contributed by atoms with Crippen LogP contribution in [0, 0.1) is 0 Å². The fourth-order valence-electron chi connectivity index (χ4n) is 1.44. The molecule has 0 aliphatic carbocycles. The van der Waals surface area contributed by atoms with E-state index in [0.717, 1.165) is 25.2 Å². The summed E-state index contributed by atoms with van der Waals surface area (Å²) in [5, 5.41) is 6.57. The number of rotatable bonds is 5. The normalized spacial score (nSPS) is 10.6. The molecule has 0 amide bonds. The average Bonchev–Trinajstić information content (AvgIpc) is 2.75. The molecule has 84 valence electrons. The van der Waals surface area contributed by atoms with Gasteiger partial charge in [-0.05, 0) is 24.2 Å². The lowest BCUT2D eigenvalue weighted by Gasteiger charge is -1.97.